The van der Waals surface area contributed by atoms with Gasteiger partial charge in [0.25, 0.3) is 15.6 Å². The minimum atomic E-state index is -3.75. The maximum atomic E-state index is 12.7. The summed E-state index contributed by atoms with van der Waals surface area (Å²) in [5, 5.41) is 1.11. The summed E-state index contributed by atoms with van der Waals surface area (Å²) >= 11 is 0. The molecule has 30 heavy (non-hydrogen) atoms. The molecule has 158 valence electrons. The Morgan fingerprint density at radius 1 is 1.17 bits per heavy atom. The first kappa shape index (κ1) is 20.2. The third kappa shape index (κ3) is 4.10. The molecule has 1 fully saturated rings. The van der Waals surface area contributed by atoms with Gasteiger partial charge in [0, 0.05) is 20.1 Å². The largest absolute Gasteiger partial charge is 0.378 e. The fourth-order valence-corrected chi connectivity index (χ4v) is 4.16. The average molecular weight is 430 g/mol. The molecule has 1 aliphatic heterocycles. The Hall–Kier alpha value is -3.11. The van der Waals surface area contributed by atoms with E-state index < -0.39 is 10.0 Å². The molecule has 0 radical (unpaired) electrons. The van der Waals surface area contributed by atoms with Crippen molar-refractivity contribution in [1.29, 1.82) is 0 Å². The van der Waals surface area contributed by atoms with Gasteiger partial charge in [-0.3, -0.25) is 9.52 Å². The molecular weight excluding hydrogens is 406 g/mol. The number of hydrogen-bond acceptors (Lipinski definition) is 6. The number of anilines is 2. The summed E-state index contributed by atoms with van der Waals surface area (Å²) < 4.78 is 35.7. The van der Waals surface area contributed by atoms with Crippen LogP contribution in [0.25, 0.3) is 11.7 Å². The molecule has 9 nitrogen and oxygen atoms in total. The zero-order chi connectivity index (χ0) is 21.3. The van der Waals surface area contributed by atoms with Crippen molar-refractivity contribution in [3.05, 3.63) is 63.5 Å². The smallest absolute Gasteiger partial charge is 0.292 e. The molecule has 0 amide bonds. The molecule has 1 saturated heterocycles. The Morgan fingerprint density at radius 3 is 2.57 bits per heavy atom. The quantitative estimate of drug-likeness (QED) is 0.662. The van der Waals surface area contributed by atoms with Crippen molar-refractivity contribution in [2.45, 2.75) is 6.92 Å². The molecule has 0 spiro atoms. The van der Waals surface area contributed by atoms with Crippen LogP contribution in [0.1, 0.15) is 11.1 Å². The molecular formula is C20H23N5O4S. The standard InChI is InChI=1S/C20H23N5O4S/c1-15-3-5-16(6-4-15)7-12-30(27,28)22-17-13-21-19-18(24-8-10-29-11-9-24)20(26)23(2)25(19)14-17/h3-7,12-14,22H,8-11H2,1-2H3/b12-7+. The minimum absolute atomic E-state index is 0.191. The lowest BCUT2D eigenvalue weighted by Crippen LogP contribution is -2.39. The van der Waals surface area contributed by atoms with Gasteiger partial charge in [-0.25, -0.2) is 22.6 Å². The first-order chi connectivity index (χ1) is 14.3. The lowest BCUT2D eigenvalue weighted by Gasteiger charge is -2.26. The maximum absolute atomic E-state index is 12.7. The zero-order valence-corrected chi connectivity index (χ0v) is 17.6. The molecule has 1 N–H and O–H groups in total. The second kappa shape index (κ2) is 7.96. The van der Waals surface area contributed by atoms with Gasteiger partial charge in [-0.1, -0.05) is 29.8 Å². The van der Waals surface area contributed by atoms with E-state index in [4.69, 9.17) is 4.74 Å². The Labute approximate surface area is 174 Å². The van der Waals surface area contributed by atoms with E-state index in [1.54, 1.807) is 17.8 Å². The second-order valence-electron chi connectivity index (χ2n) is 7.15. The molecule has 3 heterocycles. The average Bonchev–Trinajstić information content (AvgIpc) is 2.98. The number of aryl methyl sites for hydroxylation is 2. The highest BCUT2D eigenvalue weighted by molar-refractivity contribution is 7.95. The lowest BCUT2D eigenvalue weighted by molar-refractivity contribution is 0.122. The number of morpholine rings is 1. The summed E-state index contributed by atoms with van der Waals surface area (Å²) in [6, 6.07) is 7.52. The van der Waals surface area contributed by atoms with Crippen LogP contribution in [0.4, 0.5) is 11.4 Å². The van der Waals surface area contributed by atoms with E-state index in [0.717, 1.165) is 16.5 Å². The predicted molar refractivity (Wildman–Crippen MR) is 116 cm³/mol. The summed E-state index contributed by atoms with van der Waals surface area (Å²) in [6.45, 7) is 4.27. The molecule has 3 aromatic rings. The number of nitrogens with one attached hydrogen (secondary N) is 1. The predicted octanol–water partition coefficient (Wildman–Crippen LogP) is 1.59. The number of ether oxygens (including phenoxy) is 1. The van der Waals surface area contributed by atoms with Gasteiger partial charge in [0.2, 0.25) is 0 Å². The number of hydrogen-bond donors (Lipinski definition) is 1. The Kier molecular flexibility index (Phi) is 5.35. The summed E-state index contributed by atoms with van der Waals surface area (Å²) in [4.78, 5) is 19.0. The van der Waals surface area contributed by atoms with E-state index in [0.29, 0.717) is 37.6 Å². The van der Waals surface area contributed by atoms with E-state index in [-0.39, 0.29) is 11.2 Å². The molecule has 10 heteroatoms. The van der Waals surface area contributed by atoms with Gasteiger partial charge >= 0.3 is 0 Å². The summed E-state index contributed by atoms with van der Waals surface area (Å²) in [7, 11) is -2.12. The third-order valence-electron chi connectivity index (χ3n) is 4.94. The van der Waals surface area contributed by atoms with Crippen LogP contribution in [0.3, 0.4) is 0 Å². The number of sulfonamides is 1. The van der Waals surface area contributed by atoms with Crippen LogP contribution < -0.4 is 15.2 Å². The number of fused-ring (bicyclic) bond motifs is 1. The van der Waals surface area contributed by atoms with Gasteiger partial charge in [-0.15, -0.1) is 0 Å². The third-order valence-corrected chi connectivity index (χ3v) is 5.95. The Bertz CT molecular complexity index is 1250. The molecule has 2 aromatic heterocycles. The van der Waals surface area contributed by atoms with Crippen molar-refractivity contribution in [2.24, 2.45) is 7.05 Å². The fourth-order valence-electron chi connectivity index (χ4n) is 3.32. The fraction of sp³-hybridized carbons (Fsp3) is 0.300. The van der Waals surface area contributed by atoms with Gasteiger partial charge in [-0.2, -0.15) is 0 Å². The van der Waals surface area contributed by atoms with Gasteiger partial charge in [-0.05, 0) is 18.6 Å². The van der Waals surface area contributed by atoms with E-state index in [1.807, 2.05) is 36.1 Å². The zero-order valence-electron chi connectivity index (χ0n) is 16.8. The molecule has 0 bridgehead atoms. The van der Waals surface area contributed by atoms with Crippen molar-refractivity contribution in [2.75, 3.05) is 35.9 Å². The van der Waals surface area contributed by atoms with Crippen LogP contribution in [0.5, 0.6) is 0 Å². The van der Waals surface area contributed by atoms with Gasteiger partial charge in [0.15, 0.2) is 5.65 Å². The van der Waals surface area contributed by atoms with E-state index in [1.165, 1.54) is 17.0 Å². The van der Waals surface area contributed by atoms with E-state index in [2.05, 4.69) is 9.71 Å². The van der Waals surface area contributed by atoms with Gasteiger partial charge < -0.3 is 9.64 Å². The maximum Gasteiger partial charge on any atom is 0.292 e. The number of rotatable bonds is 5. The molecule has 0 atom stereocenters. The molecule has 4 rings (SSSR count). The van der Waals surface area contributed by atoms with Crippen molar-refractivity contribution < 1.29 is 13.2 Å². The van der Waals surface area contributed by atoms with Crippen LogP contribution in [-0.2, 0) is 21.8 Å². The molecule has 1 aliphatic rings. The SMILES string of the molecule is Cc1ccc(/C=C/S(=O)(=O)Nc2cnc3c(N4CCOCC4)c(=O)n(C)n3c2)cc1. The van der Waals surface area contributed by atoms with Crippen molar-refractivity contribution >= 4 is 33.1 Å². The van der Waals surface area contributed by atoms with Crippen LogP contribution in [-0.4, -0.2) is 48.9 Å². The topological polar surface area (TPSA) is 97.9 Å². The normalized spacial score (nSPS) is 15.2. The lowest BCUT2D eigenvalue weighted by atomic mass is 10.2. The van der Waals surface area contributed by atoms with Gasteiger partial charge in [0.05, 0.1) is 36.7 Å². The molecule has 1 aromatic carbocycles. The van der Waals surface area contributed by atoms with Crippen LogP contribution in [0.15, 0.2) is 46.9 Å². The molecule has 0 unspecified atom stereocenters. The monoisotopic (exact) mass is 429 g/mol. The van der Waals surface area contributed by atoms with Crippen molar-refractivity contribution in [3.63, 3.8) is 0 Å². The van der Waals surface area contributed by atoms with Crippen LogP contribution in [0, 0.1) is 6.92 Å². The number of aromatic nitrogens is 3. The highest BCUT2D eigenvalue weighted by Crippen LogP contribution is 2.20. The summed E-state index contributed by atoms with van der Waals surface area (Å²) in [5.74, 6) is 0. The van der Waals surface area contributed by atoms with Crippen molar-refractivity contribution in [3.8, 4) is 0 Å². The highest BCUT2D eigenvalue weighted by atomic mass is 32.2. The van der Waals surface area contributed by atoms with E-state index in [9.17, 15) is 13.2 Å². The minimum Gasteiger partial charge on any atom is -0.378 e. The second-order valence-corrected chi connectivity index (χ2v) is 8.71. The van der Waals surface area contributed by atoms with Crippen LogP contribution >= 0.6 is 0 Å². The first-order valence-electron chi connectivity index (χ1n) is 9.52. The first-order valence-corrected chi connectivity index (χ1v) is 11.1. The molecule has 0 aliphatic carbocycles. The molecule has 0 saturated carbocycles. The Morgan fingerprint density at radius 2 is 1.87 bits per heavy atom. The summed E-state index contributed by atoms with van der Waals surface area (Å²) in [6.07, 6.45) is 4.48. The van der Waals surface area contributed by atoms with Crippen molar-refractivity contribution in [1.82, 2.24) is 14.2 Å². The van der Waals surface area contributed by atoms with E-state index >= 15 is 0 Å². The highest BCUT2D eigenvalue weighted by Gasteiger charge is 2.22. The van der Waals surface area contributed by atoms with Crippen LogP contribution in [0.2, 0.25) is 0 Å². The number of benzene rings is 1. The Balaban J connectivity index is 1.61. The summed E-state index contributed by atoms with van der Waals surface area (Å²) in [5.41, 5.74) is 2.92. The van der Waals surface area contributed by atoms with Gasteiger partial charge in [0.1, 0.15) is 5.69 Å². The number of nitrogens with zero attached hydrogens (tertiary/aromatic N) is 4.